The highest BCUT2D eigenvalue weighted by molar-refractivity contribution is 5.49. The van der Waals surface area contributed by atoms with Crippen LogP contribution in [0.2, 0.25) is 0 Å². The van der Waals surface area contributed by atoms with Gasteiger partial charge < -0.3 is 10.2 Å². The Morgan fingerprint density at radius 1 is 1.37 bits per heavy atom. The van der Waals surface area contributed by atoms with E-state index >= 15 is 0 Å². The summed E-state index contributed by atoms with van der Waals surface area (Å²) in [6.07, 6.45) is 3.24. The van der Waals surface area contributed by atoms with Crippen molar-refractivity contribution in [3.05, 3.63) is 23.9 Å². The van der Waals surface area contributed by atoms with Crippen LogP contribution in [-0.4, -0.2) is 24.6 Å². The molecule has 0 saturated carbocycles. The molecule has 4 unspecified atom stereocenters. The van der Waals surface area contributed by atoms with Gasteiger partial charge in [0.25, 0.3) is 0 Å². The van der Waals surface area contributed by atoms with Gasteiger partial charge in [0.05, 0.1) is 0 Å². The van der Waals surface area contributed by atoms with Gasteiger partial charge in [0.2, 0.25) is 0 Å². The summed E-state index contributed by atoms with van der Waals surface area (Å²) in [5, 5.41) is 3.33. The van der Waals surface area contributed by atoms with E-state index in [1.165, 1.54) is 12.0 Å². The molecule has 19 heavy (non-hydrogen) atoms. The summed E-state index contributed by atoms with van der Waals surface area (Å²) in [5.74, 6) is 2.63. The van der Waals surface area contributed by atoms with Gasteiger partial charge in [-0.3, -0.25) is 0 Å². The number of nitrogens with zero attached hydrogens (tertiary/aromatic N) is 2. The first-order valence-electron chi connectivity index (χ1n) is 7.43. The fraction of sp³-hybridized carbons (Fsp3) is 0.688. The Hall–Kier alpha value is -1.09. The fourth-order valence-corrected chi connectivity index (χ4v) is 3.14. The Kier molecular flexibility index (Phi) is 4.46. The first-order chi connectivity index (χ1) is 9.04. The van der Waals surface area contributed by atoms with Crippen molar-refractivity contribution < 1.29 is 0 Å². The Labute approximate surface area is 117 Å². The highest BCUT2D eigenvalue weighted by atomic mass is 15.2. The van der Waals surface area contributed by atoms with Crippen LogP contribution in [0.4, 0.5) is 5.82 Å². The number of hydrogen-bond acceptors (Lipinski definition) is 3. The van der Waals surface area contributed by atoms with Gasteiger partial charge in [-0.15, -0.1) is 0 Å². The maximum Gasteiger partial charge on any atom is 0.133 e. The van der Waals surface area contributed by atoms with E-state index in [1.54, 1.807) is 0 Å². The highest BCUT2D eigenvalue weighted by Gasteiger charge is 2.31. The molecule has 2 rings (SSSR count). The van der Waals surface area contributed by atoms with E-state index in [9.17, 15) is 0 Å². The van der Waals surface area contributed by atoms with Crippen molar-refractivity contribution in [1.82, 2.24) is 10.3 Å². The first kappa shape index (κ1) is 14.3. The Balaban J connectivity index is 2.34. The third-order valence-electron chi connectivity index (χ3n) is 4.59. The quantitative estimate of drug-likeness (QED) is 0.905. The van der Waals surface area contributed by atoms with Crippen molar-refractivity contribution in [3.8, 4) is 0 Å². The van der Waals surface area contributed by atoms with E-state index in [1.807, 2.05) is 19.3 Å². The Morgan fingerprint density at radius 3 is 2.79 bits per heavy atom. The molecule has 0 radical (unpaired) electrons. The van der Waals surface area contributed by atoms with Crippen LogP contribution >= 0.6 is 0 Å². The van der Waals surface area contributed by atoms with E-state index in [2.05, 4.69) is 49.0 Å². The summed E-state index contributed by atoms with van der Waals surface area (Å²) >= 11 is 0. The molecule has 0 aromatic carbocycles. The number of nitrogens with one attached hydrogen (secondary N) is 1. The number of rotatable bonds is 3. The molecule has 3 nitrogen and oxygen atoms in total. The molecule has 3 heteroatoms. The number of piperidine rings is 1. The second kappa shape index (κ2) is 5.91. The van der Waals surface area contributed by atoms with Gasteiger partial charge in [-0.25, -0.2) is 4.98 Å². The monoisotopic (exact) mass is 261 g/mol. The van der Waals surface area contributed by atoms with E-state index < -0.39 is 0 Å². The zero-order valence-electron chi connectivity index (χ0n) is 12.9. The predicted molar refractivity (Wildman–Crippen MR) is 81.5 cm³/mol. The lowest BCUT2D eigenvalue weighted by Gasteiger charge is -2.43. The lowest BCUT2D eigenvalue weighted by Crippen LogP contribution is -2.46. The Morgan fingerprint density at radius 2 is 2.11 bits per heavy atom. The second-order valence-corrected chi connectivity index (χ2v) is 6.14. The van der Waals surface area contributed by atoms with Crippen LogP contribution in [0, 0.1) is 11.8 Å². The maximum absolute atomic E-state index is 4.68. The molecule has 1 saturated heterocycles. The summed E-state index contributed by atoms with van der Waals surface area (Å²) in [7, 11) is 2.01. The molecular weight excluding hydrogens is 234 g/mol. The molecule has 0 amide bonds. The molecule has 1 aliphatic heterocycles. The van der Waals surface area contributed by atoms with Crippen molar-refractivity contribution in [1.29, 1.82) is 0 Å². The number of aromatic nitrogens is 1. The molecule has 0 bridgehead atoms. The summed E-state index contributed by atoms with van der Waals surface area (Å²) in [4.78, 5) is 7.18. The van der Waals surface area contributed by atoms with Gasteiger partial charge in [0.15, 0.2) is 0 Å². The van der Waals surface area contributed by atoms with Gasteiger partial charge >= 0.3 is 0 Å². The van der Waals surface area contributed by atoms with E-state index in [0.717, 1.165) is 24.2 Å². The van der Waals surface area contributed by atoms with E-state index in [4.69, 9.17) is 0 Å². The molecular formula is C16H27N3. The van der Waals surface area contributed by atoms with Gasteiger partial charge in [0, 0.05) is 30.4 Å². The van der Waals surface area contributed by atoms with E-state index in [-0.39, 0.29) is 0 Å². The average Bonchev–Trinajstić information content (AvgIpc) is 2.42. The molecule has 1 N–H and O–H groups in total. The van der Waals surface area contributed by atoms with Crippen molar-refractivity contribution >= 4 is 5.82 Å². The van der Waals surface area contributed by atoms with E-state index in [0.29, 0.717) is 12.1 Å². The Bertz CT molecular complexity index is 418. The summed E-state index contributed by atoms with van der Waals surface area (Å²) in [6.45, 7) is 10.4. The third kappa shape index (κ3) is 2.92. The zero-order chi connectivity index (χ0) is 14.0. The predicted octanol–water partition coefficient (Wildman–Crippen LogP) is 3.23. The highest BCUT2D eigenvalue weighted by Crippen LogP contribution is 2.33. The molecule has 1 aromatic heterocycles. The normalized spacial score (nSPS) is 29.3. The minimum absolute atomic E-state index is 0.337. The zero-order valence-corrected chi connectivity index (χ0v) is 12.9. The van der Waals surface area contributed by atoms with Gasteiger partial charge in [-0.1, -0.05) is 19.9 Å². The minimum atomic E-state index is 0.337. The van der Waals surface area contributed by atoms with Gasteiger partial charge in [-0.2, -0.15) is 0 Å². The number of pyridine rings is 1. The van der Waals surface area contributed by atoms with Crippen molar-refractivity contribution in [3.63, 3.8) is 0 Å². The number of anilines is 1. The standard InChI is InChI=1S/C16H27N3/c1-11-9-12(2)14(4)19(10-11)16-15(13(3)17-5)7-6-8-18-16/h6-8,11-14,17H,9-10H2,1-5H3. The number of hydrogen-bond donors (Lipinski definition) is 1. The van der Waals surface area contributed by atoms with Crippen molar-refractivity contribution in [2.75, 3.05) is 18.5 Å². The molecule has 0 spiro atoms. The van der Waals surface area contributed by atoms with Crippen molar-refractivity contribution in [2.24, 2.45) is 11.8 Å². The van der Waals surface area contributed by atoms with Crippen LogP contribution in [0.5, 0.6) is 0 Å². The van der Waals surface area contributed by atoms with Gasteiger partial charge in [-0.05, 0) is 45.2 Å². The largest absolute Gasteiger partial charge is 0.353 e. The van der Waals surface area contributed by atoms with Crippen LogP contribution in [0.15, 0.2) is 18.3 Å². The molecule has 106 valence electrons. The molecule has 2 heterocycles. The lowest BCUT2D eigenvalue weighted by atomic mass is 9.85. The molecule has 1 aliphatic rings. The molecule has 1 aromatic rings. The SMILES string of the molecule is CNC(C)c1cccnc1N1CC(C)CC(C)C1C. The smallest absolute Gasteiger partial charge is 0.133 e. The minimum Gasteiger partial charge on any atom is -0.353 e. The average molecular weight is 261 g/mol. The summed E-state index contributed by atoms with van der Waals surface area (Å²) in [5.41, 5.74) is 1.30. The van der Waals surface area contributed by atoms with Crippen LogP contribution in [0.1, 0.15) is 45.7 Å². The van der Waals surface area contributed by atoms with Gasteiger partial charge in [0.1, 0.15) is 5.82 Å². The molecule has 4 atom stereocenters. The fourth-order valence-electron chi connectivity index (χ4n) is 3.14. The summed E-state index contributed by atoms with van der Waals surface area (Å²) < 4.78 is 0. The lowest BCUT2D eigenvalue weighted by molar-refractivity contribution is 0.294. The maximum atomic E-state index is 4.68. The molecule has 1 fully saturated rings. The third-order valence-corrected chi connectivity index (χ3v) is 4.59. The van der Waals surface area contributed by atoms with Crippen LogP contribution < -0.4 is 10.2 Å². The van der Waals surface area contributed by atoms with Crippen LogP contribution in [0.3, 0.4) is 0 Å². The topological polar surface area (TPSA) is 28.2 Å². The second-order valence-electron chi connectivity index (χ2n) is 6.14. The van der Waals surface area contributed by atoms with Crippen LogP contribution in [-0.2, 0) is 0 Å². The van der Waals surface area contributed by atoms with Crippen LogP contribution in [0.25, 0.3) is 0 Å². The van der Waals surface area contributed by atoms with Crippen molar-refractivity contribution in [2.45, 2.75) is 46.2 Å². The first-order valence-corrected chi connectivity index (χ1v) is 7.43. The summed E-state index contributed by atoms with van der Waals surface area (Å²) in [6, 6.07) is 5.13. The molecule has 0 aliphatic carbocycles.